The van der Waals surface area contributed by atoms with Gasteiger partial charge in [-0.1, -0.05) is 0 Å². The third kappa shape index (κ3) is 1.78. The molecule has 4 rings (SSSR count). The summed E-state index contributed by atoms with van der Waals surface area (Å²) in [5, 5.41) is 8.53. The number of hydrogen-bond donors (Lipinski definition) is 0. The Balaban J connectivity index is 1.88. The van der Waals surface area contributed by atoms with Crippen molar-refractivity contribution in [2.45, 2.75) is 0 Å². The SMILES string of the molecule is Cn1cc(-c2nc(-c3ccsc3)cs2)c2cccnc21. The van der Waals surface area contributed by atoms with Crippen molar-refractivity contribution in [1.29, 1.82) is 0 Å². The zero-order valence-corrected chi connectivity index (χ0v) is 12.4. The quantitative estimate of drug-likeness (QED) is 0.548. The van der Waals surface area contributed by atoms with Crippen molar-refractivity contribution >= 4 is 33.7 Å². The fraction of sp³-hybridized carbons (Fsp3) is 0.0667. The third-order valence-electron chi connectivity index (χ3n) is 3.29. The van der Waals surface area contributed by atoms with Gasteiger partial charge in [-0.3, -0.25) is 0 Å². The summed E-state index contributed by atoms with van der Waals surface area (Å²) < 4.78 is 2.05. The number of thiophene rings is 1. The number of hydrogen-bond acceptors (Lipinski definition) is 4. The van der Waals surface area contributed by atoms with Gasteiger partial charge in [0.05, 0.1) is 5.69 Å². The summed E-state index contributed by atoms with van der Waals surface area (Å²) >= 11 is 3.38. The predicted octanol–water partition coefficient (Wildman–Crippen LogP) is 4.43. The highest BCUT2D eigenvalue weighted by molar-refractivity contribution is 7.13. The molecule has 4 heterocycles. The van der Waals surface area contributed by atoms with Crippen LogP contribution in [0.3, 0.4) is 0 Å². The second-order valence-electron chi connectivity index (χ2n) is 4.58. The van der Waals surface area contributed by atoms with Crippen LogP contribution < -0.4 is 0 Å². The monoisotopic (exact) mass is 297 g/mol. The van der Waals surface area contributed by atoms with Crippen molar-refractivity contribution in [3.63, 3.8) is 0 Å². The minimum Gasteiger partial charge on any atom is -0.335 e. The molecule has 0 radical (unpaired) electrons. The molecule has 3 nitrogen and oxygen atoms in total. The van der Waals surface area contributed by atoms with Gasteiger partial charge in [0.2, 0.25) is 0 Å². The van der Waals surface area contributed by atoms with E-state index in [-0.39, 0.29) is 0 Å². The van der Waals surface area contributed by atoms with Crippen LogP contribution in [0.15, 0.2) is 46.7 Å². The maximum Gasteiger partial charge on any atom is 0.140 e. The van der Waals surface area contributed by atoms with E-state index in [0.717, 1.165) is 27.3 Å². The average Bonchev–Trinajstić information content (AvgIpc) is 3.17. The van der Waals surface area contributed by atoms with Crippen LogP contribution in [0, 0.1) is 0 Å². The smallest absolute Gasteiger partial charge is 0.140 e. The van der Waals surface area contributed by atoms with Crippen LogP contribution in [0.5, 0.6) is 0 Å². The molecule has 0 aliphatic heterocycles. The molecule has 0 N–H and O–H groups in total. The van der Waals surface area contributed by atoms with Gasteiger partial charge in [0.1, 0.15) is 10.7 Å². The molecule has 0 aliphatic rings. The molecule has 0 bridgehead atoms. The Labute approximate surface area is 124 Å². The van der Waals surface area contributed by atoms with E-state index in [2.05, 4.69) is 44.0 Å². The van der Waals surface area contributed by atoms with Gasteiger partial charge < -0.3 is 4.57 Å². The first-order valence-corrected chi connectivity index (χ1v) is 8.04. The van der Waals surface area contributed by atoms with Gasteiger partial charge in [-0.2, -0.15) is 11.3 Å². The van der Waals surface area contributed by atoms with E-state index in [1.807, 2.05) is 19.3 Å². The normalized spacial score (nSPS) is 11.2. The first kappa shape index (κ1) is 11.8. The Morgan fingerprint density at radius 2 is 2.15 bits per heavy atom. The lowest BCUT2D eigenvalue weighted by Gasteiger charge is -1.93. The van der Waals surface area contributed by atoms with Crippen molar-refractivity contribution in [3.05, 3.63) is 46.7 Å². The molecule has 0 atom stereocenters. The third-order valence-corrected chi connectivity index (χ3v) is 4.84. The highest BCUT2D eigenvalue weighted by Crippen LogP contribution is 2.34. The number of thiazole rings is 1. The van der Waals surface area contributed by atoms with E-state index in [9.17, 15) is 0 Å². The maximum atomic E-state index is 4.77. The second kappa shape index (κ2) is 4.54. The zero-order valence-electron chi connectivity index (χ0n) is 10.8. The van der Waals surface area contributed by atoms with Gasteiger partial charge in [-0.05, 0) is 23.6 Å². The van der Waals surface area contributed by atoms with Crippen LogP contribution in [0.25, 0.3) is 32.9 Å². The molecule has 0 spiro atoms. The van der Waals surface area contributed by atoms with E-state index in [1.165, 1.54) is 5.56 Å². The first-order valence-electron chi connectivity index (χ1n) is 6.21. The number of aryl methyl sites for hydroxylation is 1. The molecule has 0 amide bonds. The van der Waals surface area contributed by atoms with E-state index in [1.54, 1.807) is 22.7 Å². The van der Waals surface area contributed by atoms with E-state index in [4.69, 9.17) is 4.98 Å². The average molecular weight is 297 g/mol. The molecular formula is C15H11N3S2. The molecule has 0 aromatic carbocycles. The summed E-state index contributed by atoms with van der Waals surface area (Å²) in [6.07, 6.45) is 3.93. The number of rotatable bonds is 2. The summed E-state index contributed by atoms with van der Waals surface area (Å²) in [7, 11) is 2.02. The molecule has 20 heavy (non-hydrogen) atoms. The van der Waals surface area contributed by atoms with Gasteiger partial charge in [-0.25, -0.2) is 9.97 Å². The minimum absolute atomic E-state index is 0.995. The number of aromatic nitrogens is 3. The van der Waals surface area contributed by atoms with Crippen molar-refractivity contribution in [3.8, 4) is 21.8 Å². The summed E-state index contributed by atoms with van der Waals surface area (Å²) in [6, 6.07) is 6.18. The van der Waals surface area contributed by atoms with Crippen LogP contribution in [-0.2, 0) is 7.05 Å². The molecule has 0 unspecified atom stereocenters. The lowest BCUT2D eigenvalue weighted by molar-refractivity contribution is 0.949. The molecule has 0 saturated carbocycles. The summed E-state index contributed by atoms with van der Waals surface area (Å²) in [5.41, 5.74) is 4.39. The molecule has 4 aromatic heterocycles. The second-order valence-corrected chi connectivity index (χ2v) is 6.22. The Kier molecular flexibility index (Phi) is 2.68. The molecule has 4 aromatic rings. The predicted molar refractivity (Wildman–Crippen MR) is 85.1 cm³/mol. The fourth-order valence-electron chi connectivity index (χ4n) is 2.32. The minimum atomic E-state index is 0.995. The highest BCUT2D eigenvalue weighted by atomic mass is 32.1. The fourth-order valence-corrected chi connectivity index (χ4v) is 3.83. The van der Waals surface area contributed by atoms with Gasteiger partial charge in [0, 0.05) is 46.7 Å². The molecule has 98 valence electrons. The number of pyridine rings is 1. The van der Waals surface area contributed by atoms with Gasteiger partial charge in [-0.15, -0.1) is 11.3 Å². The molecular weight excluding hydrogens is 286 g/mol. The van der Waals surface area contributed by atoms with Crippen molar-refractivity contribution < 1.29 is 0 Å². The van der Waals surface area contributed by atoms with Crippen LogP contribution in [0.1, 0.15) is 0 Å². The number of nitrogens with zero attached hydrogens (tertiary/aromatic N) is 3. The lowest BCUT2D eigenvalue weighted by Crippen LogP contribution is -1.85. The van der Waals surface area contributed by atoms with Crippen molar-refractivity contribution in [1.82, 2.24) is 14.5 Å². The standard InChI is InChI=1S/C15H11N3S2/c1-18-7-12(11-3-2-5-16-14(11)18)15-17-13(9-20-15)10-4-6-19-8-10/h2-9H,1H3. The largest absolute Gasteiger partial charge is 0.335 e. The van der Waals surface area contributed by atoms with Crippen LogP contribution in [0.4, 0.5) is 0 Å². The summed E-state index contributed by atoms with van der Waals surface area (Å²) in [4.78, 5) is 9.20. The topological polar surface area (TPSA) is 30.7 Å². The van der Waals surface area contributed by atoms with Crippen LogP contribution in [0.2, 0.25) is 0 Å². The zero-order chi connectivity index (χ0) is 13.5. The van der Waals surface area contributed by atoms with Crippen molar-refractivity contribution in [2.24, 2.45) is 7.05 Å². The Hall–Kier alpha value is -1.98. The highest BCUT2D eigenvalue weighted by Gasteiger charge is 2.13. The molecule has 0 saturated heterocycles. The Morgan fingerprint density at radius 3 is 3.00 bits per heavy atom. The van der Waals surface area contributed by atoms with Crippen LogP contribution >= 0.6 is 22.7 Å². The maximum absolute atomic E-state index is 4.77. The Bertz CT molecular complexity index is 872. The number of fused-ring (bicyclic) bond motifs is 1. The van der Waals surface area contributed by atoms with E-state index < -0.39 is 0 Å². The lowest BCUT2D eigenvalue weighted by atomic mass is 10.2. The van der Waals surface area contributed by atoms with Gasteiger partial charge in [0.15, 0.2) is 0 Å². The molecule has 0 aliphatic carbocycles. The van der Waals surface area contributed by atoms with Crippen molar-refractivity contribution in [2.75, 3.05) is 0 Å². The Morgan fingerprint density at radius 1 is 1.20 bits per heavy atom. The molecule has 0 fully saturated rings. The van der Waals surface area contributed by atoms with Crippen LogP contribution in [-0.4, -0.2) is 14.5 Å². The summed E-state index contributed by atoms with van der Waals surface area (Å²) in [6.45, 7) is 0. The van der Waals surface area contributed by atoms with E-state index >= 15 is 0 Å². The first-order chi connectivity index (χ1) is 9.83. The van der Waals surface area contributed by atoms with E-state index in [0.29, 0.717) is 0 Å². The van der Waals surface area contributed by atoms with Gasteiger partial charge in [0.25, 0.3) is 0 Å². The summed E-state index contributed by atoms with van der Waals surface area (Å²) in [5.74, 6) is 0. The molecule has 5 heteroatoms. The van der Waals surface area contributed by atoms with Gasteiger partial charge >= 0.3 is 0 Å².